The minimum Gasteiger partial charge on any atom is -0.478 e. The Kier molecular flexibility index (Phi) is 3.93. The van der Waals surface area contributed by atoms with Crippen molar-refractivity contribution in [3.63, 3.8) is 0 Å². The van der Waals surface area contributed by atoms with E-state index in [1.165, 1.54) is 4.31 Å². The fraction of sp³-hybridized carbons (Fsp3) is 0.556. The lowest BCUT2D eigenvalue weighted by Gasteiger charge is -2.18. The van der Waals surface area contributed by atoms with E-state index in [1.54, 1.807) is 11.8 Å². The van der Waals surface area contributed by atoms with Gasteiger partial charge in [-0.3, -0.25) is 5.10 Å². The van der Waals surface area contributed by atoms with Gasteiger partial charge in [0.1, 0.15) is 5.56 Å². The molecule has 2 heterocycles. The number of aromatic amines is 1. The summed E-state index contributed by atoms with van der Waals surface area (Å²) in [5.74, 6) is 0.336. The van der Waals surface area contributed by atoms with Crippen LogP contribution < -0.4 is 0 Å². The Bertz CT molecular complexity index is 532. The zero-order valence-corrected chi connectivity index (χ0v) is 11.1. The highest BCUT2D eigenvalue weighted by Gasteiger charge is 2.31. The zero-order valence-electron chi connectivity index (χ0n) is 9.50. The molecule has 2 N–H and O–H groups in total. The quantitative estimate of drug-likeness (QED) is 0.826. The normalized spacial score (nSPS) is 18.4. The van der Waals surface area contributed by atoms with E-state index in [0.29, 0.717) is 13.1 Å². The van der Waals surface area contributed by atoms with Crippen LogP contribution in [0.4, 0.5) is 0 Å². The summed E-state index contributed by atoms with van der Waals surface area (Å²) in [6.07, 6.45) is 1.78. The molecule has 7 nitrogen and oxygen atoms in total. The van der Waals surface area contributed by atoms with Gasteiger partial charge < -0.3 is 5.11 Å². The molecule has 0 spiro atoms. The predicted octanol–water partition coefficient (Wildman–Crippen LogP) is 0.236. The smallest absolute Gasteiger partial charge is 0.340 e. The summed E-state index contributed by atoms with van der Waals surface area (Å²) in [5.41, 5.74) is -0.313. The maximum absolute atomic E-state index is 12.3. The average Bonchev–Trinajstić information content (AvgIpc) is 2.65. The number of nitrogens with one attached hydrogen (secondary N) is 1. The van der Waals surface area contributed by atoms with Crippen molar-refractivity contribution in [2.75, 3.05) is 24.6 Å². The van der Waals surface area contributed by atoms with Gasteiger partial charge in [-0.25, -0.2) is 13.2 Å². The number of H-pyrrole nitrogens is 1. The van der Waals surface area contributed by atoms with E-state index in [0.717, 1.165) is 24.1 Å². The van der Waals surface area contributed by atoms with E-state index in [-0.39, 0.29) is 10.6 Å². The van der Waals surface area contributed by atoms with Gasteiger partial charge in [0.05, 0.1) is 6.20 Å². The Morgan fingerprint density at radius 2 is 2.22 bits per heavy atom. The fourth-order valence-corrected chi connectivity index (χ4v) is 4.26. The number of carbonyl (C=O) groups is 1. The van der Waals surface area contributed by atoms with Crippen molar-refractivity contribution in [2.24, 2.45) is 0 Å². The Balaban J connectivity index is 2.34. The molecule has 1 aromatic heterocycles. The van der Waals surface area contributed by atoms with E-state index >= 15 is 0 Å². The largest absolute Gasteiger partial charge is 0.478 e. The number of carboxylic acids is 1. The van der Waals surface area contributed by atoms with Crippen LogP contribution in [0.25, 0.3) is 0 Å². The van der Waals surface area contributed by atoms with Crippen molar-refractivity contribution in [1.29, 1.82) is 0 Å². The molecule has 100 valence electrons. The van der Waals surface area contributed by atoms with Gasteiger partial charge in [0.25, 0.3) is 10.0 Å². The van der Waals surface area contributed by atoms with Gasteiger partial charge in [-0.1, -0.05) is 0 Å². The molecule has 1 aromatic rings. The first-order valence-corrected chi connectivity index (χ1v) is 7.97. The van der Waals surface area contributed by atoms with Crippen LogP contribution >= 0.6 is 11.8 Å². The molecular formula is C9H13N3O4S2. The lowest BCUT2D eigenvalue weighted by Crippen LogP contribution is -2.34. The molecule has 1 saturated heterocycles. The van der Waals surface area contributed by atoms with Crippen LogP contribution in [-0.2, 0) is 10.0 Å². The minimum atomic E-state index is -3.80. The van der Waals surface area contributed by atoms with Crippen LogP contribution in [0.5, 0.6) is 0 Å². The monoisotopic (exact) mass is 291 g/mol. The van der Waals surface area contributed by atoms with E-state index in [1.807, 2.05) is 0 Å². The van der Waals surface area contributed by atoms with Gasteiger partial charge in [-0.2, -0.15) is 21.2 Å². The van der Waals surface area contributed by atoms with Gasteiger partial charge in [-0.15, -0.1) is 0 Å². The number of hydrogen-bond acceptors (Lipinski definition) is 5. The molecule has 9 heteroatoms. The molecule has 0 atom stereocenters. The Morgan fingerprint density at radius 3 is 2.94 bits per heavy atom. The summed E-state index contributed by atoms with van der Waals surface area (Å²) in [5, 5.41) is 14.4. The first-order chi connectivity index (χ1) is 8.53. The molecule has 0 aliphatic carbocycles. The number of carboxylic acid groups (broad SMARTS) is 1. The summed E-state index contributed by atoms with van der Waals surface area (Å²) in [4.78, 5) is 10.9. The lowest BCUT2D eigenvalue weighted by molar-refractivity contribution is 0.0692. The maximum Gasteiger partial charge on any atom is 0.340 e. The van der Waals surface area contributed by atoms with Crippen molar-refractivity contribution in [3.05, 3.63) is 11.8 Å². The summed E-state index contributed by atoms with van der Waals surface area (Å²) in [7, 11) is -3.80. The standard InChI is InChI=1S/C9H13N3O4S2/c13-9(14)7-6-10-11-8(7)18(15,16)12-2-1-4-17-5-3-12/h6H,1-5H2,(H,10,11)(H,13,14). The fourth-order valence-electron chi connectivity index (χ4n) is 1.72. The van der Waals surface area contributed by atoms with E-state index in [2.05, 4.69) is 10.2 Å². The van der Waals surface area contributed by atoms with Gasteiger partial charge in [0.15, 0.2) is 5.03 Å². The zero-order chi connectivity index (χ0) is 13.2. The average molecular weight is 291 g/mol. The van der Waals surface area contributed by atoms with Gasteiger partial charge in [0.2, 0.25) is 0 Å². The van der Waals surface area contributed by atoms with Crippen LogP contribution in [0.1, 0.15) is 16.8 Å². The Morgan fingerprint density at radius 1 is 1.44 bits per heavy atom. The first kappa shape index (κ1) is 13.4. The van der Waals surface area contributed by atoms with Crippen molar-refractivity contribution >= 4 is 27.8 Å². The molecule has 0 radical (unpaired) electrons. The summed E-state index contributed by atoms with van der Waals surface area (Å²) >= 11 is 1.70. The third-order valence-electron chi connectivity index (χ3n) is 2.61. The topological polar surface area (TPSA) is 103 Å². The molecule has 1 fully saturated rings. The minimum absolute atomic E-state index is 0.313. The number of thioether (sulfide) groups is 1. The van der Waals surface area contributed by atoms with Crippen molar-refractivity contribution in [1.82, 2.24) is 14.5 Å². The number of hydrogen-bond donors (Lipinski definition) is 2. The molecule has 0 aromatic carbocycles. The first-order valence-electron chi connectivity index (χ1n) is 5.38. The second kappa shape index (κ2) is 5.29. The molecule has 0 bridgehead atoms. The highest BCUT2D eigenvalue weighted by atomic mass is 32.2. The third kappa shape index (κ3) is 2.52. The Labute approximate surface area is 109 Å². The number of rotatable bonds is 3. The van der Waals surface area contributed by atoms with Crippen LogP contribution in [-0.4, -0.2) is 58.6 Å². The molecule has 0 unspecified atom stereocenters. The van der Waals surface area contributed by atoms with Crippen LogP contribution in [0, 0.1) is 0 Å². The summed E-state index contributed by atoms with van der Waals surface area (Å²) in [6.45, 7) is 0.804. The molecule has 0 amide bonds. The predicted molar refractivity (Wildman–Crippen MR) is 66.2 cm³/mol. The number of nitrogens with zero attached hydrogens (tertiary/aromatic N) is 2. The molecule has 1 aliphatic heterocycles. The molecule has 0 saturated carbocycles. The maximum atomic E-state index is 12.3. The lowest BCUT2D eigenvalue weighted by atomic mass is 10.4. The molecular weight excluding hydrogens is 278 g/mol. The second-order valence-electron chi connectivity index (χ2n) is 3.79. The van der Waals surface area contributed by atoms with Gasteiger partial charge in [0, 0.05) is 18.8 Å². The van der Waals surface area contributed by atoms with E-state index in [9.17, 15) is 13.2 Å². The van der Waals surface area contributed by atoms with Crippen LogP contribution in [0.15, 0.2) is 11.2 Å². The summed E-state index contributed by atoms with van der Waals surface area (Å²) < 4.78 is 25.9. The highest BCUT2D eigenvalue weighted by molar-refractivity contribution is 7.99. The highest BCUT2D eigenvalue weighted by Crippen LogP contribution is 2.20. The van der Waals surface area contributed by atoms with Crippen molar-refractivity contribution in [2.45, 2.75) is 11.4 Å². The summed E-state index contributed by atoms with van der Waals surface area (Å²) in [6, 6.07) is 0. The molecule has 18 heavy (non-hydrogen) atoms. The van der Waals surface area contributed by atoms with Gasteiger partial charge in [-0.05, 0) is 12.2 Å². The van der Waals surface area contributed by atoms with E-state index in [4.69, 9.17) is 5.11 Å². The molecule has 1 aliphatic rings. The SMILES string of the molecule is O=C(O)c1cn[nH]c1S(=O)(=O)N1CCCSCC1. The molecule has 2 rings (SSSR count). The van der Waals surface area contributed by atoms with E-state index < -0.39 is 16.0 Å². The second-order valence-corrected chi connectivity index (χ2v) is 6.89. The van der Waals surface area contributed by atoms with Crippen LogP contribution in [0.2, 0.25) is 0 Å². The number of aromatic carboxylic acids is 1. The third-order valence-corrected chi connectivity index (χ3v) is 5.53. The van der Waals surface area contributed by atoms with Crippen molar-refractivity contribution < 1.29 is 18.3 Å². The Hall–Kier alpha value is -1.06. The van der Waals surface area contributed by atoms with Crippen molar-refractivity contribution in [3.8, 4) is 0 Å². The van der Waals surface area contributed by atoms with Gasteiger partial charge >= 0.3 is 5.97 Å². The number of sulfonamides is 1. The number of aromatic nitrogens is 2. The van der Waals surface area contributed by atoms with Crippen LogP contribution in [0.3, 0.4) is 0 Å².